The quantitative estimate of drug-likeness (QED) is 0.334. The van der Waals surface area contributed by atoms with Gasteiger partial charge in [0.25, 0.3) is 5.91 Å². The average Bonchev–Trinajstić information content (AvgIpc) is 2.89. The molecule has 1 aliphatic heterocycles. The van der Waals surface area contributed by atoms with Crippen LogP contribution in [0.1, 0.15) is 24.0 Å². The van der Waals surface area contributed by atoms with Gasteiger partial charge in [0.15, 0.2) is 0 Å². The lowest BCUT2D eigenvalue weighted by Crippen LogP contribution is -2.45. The lowest BCUT2D eigenvalue weighted by Gasteiger charge is -2.32. The summed E-state index contributed by atoms with van der Waals surface area (Å²) in [6, 6.07) is 12.7. The van der Waals surface area contributed by atoms with E-state index in [1.165, 1.54) is 6.33 Å². The van der Waals surface area contributed by atoms with Crippen LogP contribution in [-0.2, 0) is 4.79 Å². The number of hydrogen-bond donors (Lipinski definition) is 3. The summed E-state index contributed by atoms with van der Waals surface area (Å²) in [7, 11) is 3.82. The third-order valence-corrected chi connectivity index (χ3v) is 5.76. The normalized spacial score (nSPS) is 15.0. The number of carbonyl (C=O) groups is 1. The maximum atomic E-state index is 12.5. The number of anilines is 2. The zero-order valence-electron chi connectivity index (χ0n) is 20.9. The van der Waals surface area contributed by atoms with Crippen LogP contribution in [0, 0.1) is 17.3 Å². The number of piperidine rings is 1. The summed E-state index contributed by atoms with van der Waals surface area (Å²) < 4.78 is 5.74. The number of pyridine rings is 1. The minimum Gasteiger partial charge on any atom is -0.439 e. The minimum absolute atomic E-state index is 0.0611. The highest BCUT2D eigenvalue weighted by atomic mass is 16.5. The smallest absolute Gasteiger partial charge is 0.298 e. The number of hydrogen-bond acceptors (Lipinski definition) is 9. The van der Waals surface area contributed by atoms with Gasteiger partial charge in [0.1, 0.15) is 23.7 Å². The van der Waals surface area contributed by atoms with E-state index >= 15 is 0 Å². The molecule has 1 fully saturated rings. The van der Waals surface area contributed by atoms with Crippen molar-refractivity contribution < 1.29 is 9.53 Å². The number of likely N-dealkylation sites (tertiary alicyclic amines) is 1. The average molecular weight is 499 g/mol. The van der Waals surface area contributed by atoms with Crippen LogP contribution in [-0.4, -0.2) is 76.1 Å². The molecule has 1 atom stereocenters. The molecule has 1 saturated heterocycles. The maximum Gasteiger partial charge on any atom is 0.298 e. The molecule has 1 amide bonds. The fourth-order valence-electron chi connectivity index (χ4n) is 3.92. The number of nitrogen functional groups attached to an aromatic ring is 1. The first-order valence-electron chi connectivity index (χ1n) is 12.0. The van der Waals surface area contributed by atoms with Gasteiger partial charge in [0.05, 0.1) is 17.8 Å². The van der Waals surface area contributed by atoms with Crippen molar-refractivity contribution in [2.45, 2.75) is 18.9 Å². The second-order valence-electron chi connectivity index (χ2n) is 8.93. The Kier molecular flexibility index (Phi) is 8.28. The monoisotopic (exact) mass is 498 g/mol. The van der Waals surface area contributed by atoms with Crippen molar-refractivity contribution in [1.29, 1.82) is 5.41 Å². The van der Waals surface area contributed by atoms with E-state index in [1.54, 1.807) is 23.2 Å². The van der Waals surface area contributed by atoms with Crippen LogP contribution in [0.4, 0.5) is 11.6 Å². The summed E-state index contributed by atoms with van der Waals surface area (Å²) in [4.78, 5) is 29.0. The zero-order chi connectivity index (χ0) is 26.2. The van der Waals surface area contributed by atoms with Crippen LogP contribution in [0.5, 0.6) is 11.6 Å². The van der Waals surface area contributed by atoms with Crippen molar-refractivity contribution in [2.24, 2.45) is 0 Å². The molecule has 37 heavy (non-hydrogen) atoms. The molecular formula is C27H30N8O2. The third-order valence-electron chi connectivity index (χ3n) is 5.76. The largest absolute Gasteiger partial charge is 0.439 e. The van der Waals surface area contributed by atoms with Gasteiger partial charge in [-0.2, -0.15) is 0 Å². The van der Waals surface area contributed by atoms with Crippen molar-refractivity contribution in [3.8, 4) is 23.5 Å². The molecular weight excluding hydrogens is 468 g/mol. The van der Waals surface area contributed by atoms with E-state index in [0.29, 0.717) is 48.2 Å². The van der Waals surface area contributed by atoms with Gasteiger partial charge in [-0.1, -0.05) is 24.1 Å². The van der Waals surface area contributed by atoms with Gasteiger partial charge in [0.2, 0.25) is 5.88 Å². The van der Waals surface area contributed by atoms with E-state index in [2.05, 4.69) is 32.1 Å². The molecule has 3 aromatic rings. The first kappa shape index (κ1) is 25.6. The van der Waals surface area contributed by atoms with E-state index in [1.807, 2.05) is 49.3 Å². The number of ether oxygens (including phenoxy) is 1. The lowest BCUT2D eigenvalue weighted by molar-refractivity contribution is -0.126. The summed E-state index contributed by atoms with van der Waals surface area (Å²) in [6.07, 6.45) is 4.60. The van der Waals surface area contributed by atoms with E-state index in [9.17, 15) is 4.79 Å². The minimum atomic E-state index is -0.188. The highest BCUT2D eigenvalue weighted by Gasteiger charge is 2.25. The number of carbonyl (C=O) groups excluding carboxylic acids is 1. The number of nitrogens with two attached hydrogens (primary N) is 1. The fraction of sp³-hybridized carbons (Fsp3) is 0.296. The number of nitrogens with one attached hydrogen (secondary N) is 2. The molecule has 10 heteroatoms. The molecule has 0 saturated carbocycles. The summed E-state index contributed by atoms with van der Waals surface area (Å²) in [5.41, 5.74) is 7.25. The number of nitrogens with zero attached hydrogens (tertiary/aromatic N) is 5. The Morgan fingerprint density at radius 3 is 2.76 bits per heavy atom. The van der Waals surface area contributed by atoms with E-state index in [4.69, 9.17) is 15.9 Å². The highest BCUT2D eigenvalue weighted by molar-refractivity contribution is 6.16. The van der Waals surface area contributed by atoms with Gasteiger partial charge in [-0.15, -0.1) is 0 Å². The van der Waals surface area contributed by atoms with E-state index in [-0.39, 0.29) is 23.5 Å². The predicted octanol–water partition coefficient (Wildman–Crippen LogP) is 2.63. The Bertz CT molecular complexity index is 1300. The zero-order valence-corrected chi connectivity index (χ0v) is 20.9. The standard InChI is InChI=1S/C27H30N8O2/c1-34(2)14-7-11-23(36)35-15-6-8-20(17-35)33-27-24(26(29)31-18-32-27)25(28)19-12-13-22(30-16-19)37-21-9-4-3-5-10-21/h3-5,9-10,12-13,16,18,20,28H,6,8,14-15,17H2,1-2H3,(H3,29,31,32,33). The lowest BCUT2D eigenvalue weighted by atomic mass is 10.0. The molecule has 4 N–H and O–H groups in total. The molecule has 1 aromatic carbocycles. The maximum absolute atomic E-state index is 12.5. The van der Waals surface area contributed by atoms with Gasteiger partial charge < -0.3 is 20.7 Å². The first-order valence-corrected chi connectivity index (χ1v) is 12.0. The van der Waals surface area contributed by atoms with Crippen LogP contribution in [0.2, 0.25) is 0 Å². The summed E-state index contributed by atoms with van der Waals surface area (Å²) >= 11 is 0. The summed E-state index contributed by atoms with van der Waals surface area (Å²) in [5, 5.41) is 12.2. The van der Waals surface area contributed by atoms with E-state index in [0.717, 1.165) is 12.8 Å². The van der Waals surface area contributed by atoms with Gasteiger partial charge in [-0.3, -0.25) is 15.1 Å². The molecule has 4 rings (SSSR count). The molecule has 0 radical (unpaired) electrons. The van der Waals surface area contributed by atoms with Gasteiger partial charge in [-0.05, 0) is 51.1 Å². The number of benzene rings is 1. The van der Waals surface area contributed by atoms with Crippen molar-refractivity contribution in [3.05, 3.63) is 66.1 Å². The van der Waals surface area contributed by atoms with Gasteiger partial charge >= 0.3 is 0 Å². The molecule has 2 aromatic heterocycles. The van der Waals surface area contributed by atoms with Crippen molar-refractivity contribution in [3.63, 3.8) is 0 Å². The third kappa shape index (κ3) is 6.80. The Morgan fingerprint density at radius 2 is 2.03 bits per heavy atom. The summed E-state index contributed by atoms with van der Waals surface area (Å²) in [6.45, 7) is 1.67. The molecule has 190 valence electrons. The molecule has 0 spiro atoms. The first-order chi connectivity index (χ1) is 17.9. The van der Waals surface area contributed by atoms with Crippen LogP contribution in [0.25, 0.3) is 0 Å². The van der Waals surface area contributed by atoms with Crippen molar-refractivity contribution in [1.82, 2.24) is 24.8 Å². The number of para-hydroxylation sites is 1. The molecule has 10 nitrogen and oxygen atoms in total. The fourth-order valence-corrected chi connectivity index (χ4v) is 3.92. The van der Waals surface area contributed by atoms with Gasteiger partial charge in [-0.25, -0.2) is 15.0 Å². The molecule has 1 aliphatic rings. The highest BCUT2D eigenvalue weighted by Crippen LogP contribution is 2.25. The Balaban J connectivity index is 1.47. The number of aromatic nitrogens is 3. The Labute approximate surface area is 216 Å². The van der Waals surface area contributed by atoms with Crippen LogP contribution in [0.3, 0.4) is 0 Å². The molecule has 3 heterocycles. The molecule has 0 aliphatic carbocycles. The number of amides is 1. The topological polar surface area (TPSA) is 133 Å². The second kappa shape index (κ2) is 12.0. The molecule has 1 unspecified atom stereocenters. The second-order valence-corrected chi connectivity index (χ2v) is 8.93. The Hall–Kier alpha value is -4.49. The van der Waals surface area contributed by atoms with Crippen LogP contribution in [0.15, 0.2) is 55.0 Å². The number of rotatable bonds is 7. The molecule has 0 bridgehead atoms. The van der Waals surface area contributed by atoms with E-state index < -0.39 is 0 Å². The van der Waals surface area contributed by atoms with Crippen molar-refractivity contribution >= 4 is 23.3 Å². The summed E-state index contributed by atoms with van der Waals surface area (Å²) in [5.74, 6) is 7.15. The SMILES string of the molecule is CN(C)CC#CC(=O)N1CCCC(Nc2ncnc(N)c2C(=N)c2ccc(Oc3ccccc3)nc2)C1. The van der Waals surface area contributed by atoms with Crippen LogP contribution >= 0.6 is 0 Å². The van der Waals surface area contributed by atoms with Gasteiger partial charge in [0, 0.05) is 37.0 Å². The van der Waals surface area contributed by atoms with Crippen LogP contribution < -0.4 is 15.8 Å². The van der Waals surface area contributed by atoms with Crippen molar-refractivity contribution in [2.75, 3.05) is 44.8 Å². The Morgan fingerprint density at radius 1 is 1.22 bits per heavy atom. The predicted molar refractivity (Wildman–Crippen MR) is 143 cm³/mol.